The van der Waals surface area contributed by atoms with E-state index in [1.54, 1.807) is 24.9 Å². The Morgan fingerprint density at radius 2 is 1.57 bits per heavy atom. The number of carbonyl (C=O) groups is 2. The Balaban J connectivity index is 0.000000269. The van der Waals surface area contributed by atoms with Crippen molar-refractivity contribution in [1.29, 1.82) is 0 Å². The normalized spacial score (nSPS) is 10.4. The standard InChI is InChI=1S/C14H15ClN2O3S.C8H9ClN2O2S/c1-19-12-5-9-7-17(4-3-10(18)8-21)14(15)16-11(9)6-13(12)20-2;1-13-8-3-6(9)10-7(11-8)2-5(12)4-14/h5-7H,3-4,8H2,1-2H3;3,14H,2,4H2,1H3/p+1. The summed E-state index contributed by atoms with van der Waals surface area (Å²) in [4.78, 5) is 34.6. The molecule has 0 amide bonds. The maximum absolute atomic E-state index is 11.4. The third-order valence-corrected chi connectivity index (χ3v) is 5.74. The van der Waals surface area contributed by atoms with Crippen LogP contribution >= 0.6 is 48.5 Å². The van der Waals surface area contributed by atoms with Crippen LogP contribution in [0.15, 0.2) is 24.4 Å². The highest BCUT2D eigenvalue weighted by Crippen LogP contribution is 2.31. The molecular weight excluding hydrogens is 535 g/mol. The molecule has 0 fully saturated rings. The van der Waals surface area contributed by atoms with Crippen molar-refractivity contribution in [2.45, 2.75) is 19.4 Å². The van der Waals surface area contributed by atoms with E-state index in [1.165, 1.54) is 13.2 Å². The minimum absolute atomic E-state index is 0.0577. The van der Waals surface area contributed by atoms with Crippen LogP contribution in [-0.2, 0) is 22.6 Å². The van der Waals surface area contributed by atoms with Gasteiger partial charge in [0, 0.05) is 41.7 Å². The molecule has 3 rings (SSSR count). The fourth-order valence-corrected chi connectivity index (χ4v) is 3.49. The number of hydrogen-bond acceptors (Lipinski definition) is 10. The molecule has 1 aromatic carbocycles. The molecule has 0 aliphatic carbocycles. The van der Waals surface area contributed by atoms with Gasteiger partial charge in [-0.15, -0.1) is 0 Å². The highest BCUT2D eigenvalue weighted by atomic mass is 35.5. The number of hydrogen-bond donors (Lipinski definition) is 2. The minimum atomic E-state index is -0.0577. The Bertz CT molecular complexity index is 1200. The first kappa shape index (κ1) is 28.9. The first-order chi connectivity index (χ1) is 16.7. The Morgan fingerprint density at radius 3 is 2.17 bits per heavy atom. The fraction of sp³-hybridized carbons (Fsp3) is 0.364. The van der Waals surface area contributed by atoms with Crippen LogP contribution in [0.5, 0.6) is 17.4 Å². The molecule has 0 saturated heterocycles. The average molecular weight is 561 g/mol. The minimum Gasteiger partial charge on any atom is -0.493 e. The van der Waals surface area contributed by atoms with E-state index in [2.05, 4.69) is 40.2 Å². The van der Waals surface area contributed by atoms with Gasteiger partial charge in [0.15, 0.2) is 17.0 Å². The Hall–Kier alpha value is -2.34. The van der Waals surface area contributed by atoms with Crippen LogP contribution in [0.4, 0.5) is 0 Å². The van der Waals surface area contributed by atoms with Crippen LogP contribution in [0.3, 0.4) is 0 Å². The number of rotatable bonds is 10. The Kier molecular flexibility index (Phi) is 11.8. The van der Waals surface area contributed by atoms with Crippen LogP contribution < -0.4 is 18.8 Å². The van der Waals surface area contributed by atoms with Gasteiger partial charge >= 0.3 is 5.28 Å². The molecule has 0 saturated carbocycles. The zero-order valence-corrected chi connectivity index (χ0v) is 22.6. The third kappa shape index (κ3) is 8.68. The lowest BCUT2D eigenvalue weighted by Crippen LogP contribution is -2.37. The lowest BCUT2D eigenvalue weighted by Gasteiger charge is -2.07. The van der Waals surface area contributed by atoms with Gasteiger partial charge in [0.05, 0.1) is 39.7 Å². The van der Waals surface area contributed by atoms with Gasteiger partial charge in [-0.3, -0.25) is 9.59 Å². The molecule has 2 heterocycles. The number of thiol groups is 2. The van der Waals surface area contributed by atoms with Crippen molar-refractivity contribution < 1.29 is 28.4 Å². The van der Waals surface area contributed by atoms with E-state index in [-0.39, 0.29) is 34.6 Å². The summed E-state index contributed by atoms with van der Waals surface area (Å²) in [5.74, 6) is 2.32. The molecule has 0 aliphatic heterocycles. The van der Waals surface area contributed by atoms with Crippen molar-refractivity contribution in [1.82, 2.24) is 15.0 Å². The highest BCUT2D eigenvalue weighted by molar-refractivity contribution is 7.81. The molecule has 0 unspecified atom stereocenters. The van der Waals surface area contributed by atoms with Gasteiger partial charge in [0.2, 0.25) is 5.88 Å². The van der Waals surface area contributed by atoms with Crippen molar-refractivity contribution in [3.63, 3.8) is 0 Å². The lowest BCUT2D eigenvalue weighted by molar-refractivity contribution is -0.694. The number of methoxy groups -OCH3 is 3. The Morgan fingerprint density at radius 1 is 0.914 bits per heavy atom. The van der Waals surface area contributed by atoms with Crippen LogP contribution in [0, 0.1) is 0 Å². The number of ketones is 2. The molecular formula is C22H25Cl2N4O5S2+. The maximum Gasteiger partial charge on any atom is 0.396 e. The quantitative estimate of drug-likeness (QED) is 0.169. The summed E-state index contributed by atoms with van der Waals surface area (Å²) < 4.78 is 17.1. The summed E-state index contributed by atoms with van der Waals surface area (Å²) in [7, 11) is 4.62. The van der Waals surface area contributed by atoms with Crippen LogP contribution in [0.1, 0.15) is 12.2 Å². The predicted octanol–water partition coefficient (Wildman–Crippen LogP) is 3.26. The monoisotopic (exact) mass is 559 g/mol. The summed E-state index contributed by atoms with van der Waals surface area (Å²) in [6, 6.07) is 5.08. The van der Waals surface area contributed by atoms with Gasteiger partial charge in [-0.05, 0) is 11.1 Å². The molecule has 0 radical (unpaired) electrons. The second-order valence-electron chi connectivity index (χ2n) is 6.94. The molecule has 35 heavy (non-hydrogen) atoms. The van der Waals surface area contributed by atoms with E-state index < -0.39 is 0 Å². The number of halogens is 2. The van der Waals surface area contributed by atoms with Crippen LogP contribution in [0.2, 0.25) is 10.4 Å². The van der Waals surface area contributed by atoms with Gasteiger partial charge < -0.3 is 14.2 Å². The summed E-state index contributed by atoms with van der Waals surface area (Å²) >= 11 is 19.7. The molecule has 188 valence electrons. The number of ether oxygens (including phenoxy) is 3. The van der Waals surface area contributed by atoms with E-state index >= 15 is 0 Å². The molecule has 0 N–H and O–H groups in total. The largest absolute Gasteiger partial charge is 0.493 e. The van der Waals surface area contributed by atoms with E-state index in [0.29, 0.717) is 47.0 Å². The van der Waals surface area contributed by atoms with Crippen molar-refractivity contribution in [2.75, 3.05) is 32.8 Å². The van der Waals surface area contributed by atoms with E-state index in [0.717, 1.165) is 5.39 Å². The maximum atomic E-state index is 11.4. The Labute approximate surface area is 223 Å². The zero-order valence-electron chi connectivity index (χ0n) is 19.3. The van der Waals surface area contributed by atoms with Crippen molar-refractivity contribution >= 4 is 70.9 Å². The van der Waals surface area contributed by atoms with E-state index in [1.807, 2.05) is 12.3 Å². The van der Waals surface area contributed by atoms with Gasteiger partial charge in [-0.1, -0.05) is 11.6 Å². The first-order valence-corrected chi connectivity index (χ1v) is 12.2. The molecule has 0 spiro atoms. The first-order valence-electron chi connectivity index (χ1n) is 10.2. The molecule has 0 aliphatic rings. The third-order valence-electron chi connectivity index (χ3n) is 4.54. The SMILES string of the molecule is COc1cc(Cl)nc(CC(=O)CS)n1.COc1cc2c[n+](CCC(=O)CS)c(Cl)nc2cc1OC. The summed E-state index contributed by atoms with van der Waals surface area (Å²) in [5.41, 5.74) is 0.703. The second kappa shape index (κ2) is 14.3. The number of aryl methyl sites for hydroxylation is 1. The highest BCUT2D eigenvalue weighted by Gasteiger charge is 2.17. The zero-order chi connectivity index (χ0) is 26.0. The van der Waals surface area contributed by atoms with E-state index in [9.17, 15) is 9.59 Å². The number of Topliss-reactive ketones (excluding diaryl/α,β-unsaturated/α-hetero) is 2. The predicted molar refractivity (Wildman–Crippen MR) is 140 cm³/mol. The molecule has 13 heteroatoms. The topological polar surface area (TPSA) is 104 Å². The van der Waals surface area contributed by atoms with Gasteiger partial charge in [0.1, 0.15) is 28.7 Å². The summed E-state index contributed by atoms with van der Waals surface area (Å²) in [5, 5.41) is 1.44. The number of carbonyl (C=O) groups excluding carboxylic acids is 2. The number of aromatic nitrogens is 4. The molecule has 0 bridgehead atoms. The molecule has 0 atom stereocenters. The number of benzene rings is 1. The molecule has 2 aromatic heterocycles. The van der Waals surface area contributed by atoms with Gasteiger partial charge in [-0.25, -0.2) is 9.55 Å². The summed E-state index contributed by atoms with van der Waals surface area (Å²) in [6.07, 6.45) is 2.34. The number of fused-ring (bicyclic) bond motifs is 1. The van der Waals surface area contributed by atoms with E-state index in [4.69, 9.17) is 37.4 Å². The second-order valence-corrected chi connectivity index (χ2v) is 8.30. The number of nitrogens with zero attached hydrogens (tertiary/aromatic N) is 4. The molecule has 3 aromatic rings. The fourth-order valence-electron chi connectivity index (χ4n) is 2.81. The van der Waals surface area contributed by atoms with Crippen molar-refractivity contribution in [3.05, 3.63) is 40.7 Å². The lowest BCUT2D eigenvalue weighted by atomic mass is 10.2. The molecule has 9 nitrogen and oxygen atoms in total. The van der Waals surface area contributed by atoms with Crippen molar-refractivity contribution in [3.8, 4) is 17.4 Å². The average Bonchev–Trinajstić information content (AvgIpc) is 2.86. The van der Waals surface area contributed by atoms with Crippen LogP contribution in [0.25, 0.3) is 10.9 Å². The van der Waals surface area contributed by atoms with Gasteiger partial charge in [-0.2, -0.15) is 30.2 Å². The summed E-state index contributed by atoms with van der Waals surface area (Å²) in [6.45, 7) is 0.468. The smallest absolute Gasteiger partial charge is 0.396 e. The van der Waals surface area contributed by atoms with Crippen molar-refractivity contribution in [2.24, 2.45) is 0 Å². The van der Waals surface area contributed by atoms with Crippen LogP contribution in [-0.4, -0.2) is 59.4 Å². The van der Waals surface area contributed by atoms with Gasteiger partial charge in [0.25, 0.3) is 0 Å².